The van der Waals surface area contributed by atoms with Gasteiger partial charge in [-0.25, -0.2) is 9.78 Å². The highest BCUT2D eigenvalue weighted by Crippen LogP contribution is 2.39. The summed E-state index contributed by atoms with van der Waals surface area (Å²) in [5.41, 5.74) is 1.82. The zero-order valence-electron chi connectivity index (χ0n) is 18.2. The Morgan fingerprint density at radius 1 is 0.853 bits per heavy atom. The van der Waals surface area contributed by atoms with E-state index in [-0.39, 0.29) is 0 Å². The molecule has 4 aromatic rings. The van der Waals surface area contributed by atoms with Gasteiger partial charge in [0.1, 0.15) is 18.3 Å². The van der Waals surface area contributed by atoms with E-state index in [1.165, 1.54) is 11.8 Å². The standard InChI is InChI=1S/C28H23NO4S/c30-25-22(21-14-8-12-18-9-4-5-13-20(18)21)17-23(34-24-15-6-7-16-29-24)27(26(25)31)33-28(32)19-10-2-1-3-11-19/h1-17,23,25-27,30-31H/t23-,25+,26+,27+/m0/s1. The van der Waals surface area contributed by atoms with E-state index in [1.807, 2.05) is 72.8 Å². The van der Waals surface area contributed by atoms with Crippen molar-refractivity contribution < 1.29 is 19.7 Å². The highest BCUT2D eigenvalue weighted by molar-refractivity contribution is 8.00. The SMILES string of the molecule is O=C(O[C@H]1[C@H](O)[C@H](O)C(c2cccc3ccccc23)=C[C@@H]1Sc1ccccn1)c1ccccc1. The van der Waals surface area contributed by atoms with E-state index in [9.17, 15) is 15.0 Å². The van der Waals surface area contributed by atoms with Gasteiger partial charge in [0.2, 0.25) is 0 Å². The van der Waals surface area contributed by atoms with Crippen LogP contribution in [0.1, 0.15) is 15.9 Å². The first-order chi connectivity index (χ1) is 16.6. The molecule has 1 aliphatic rings. The van der Waals surface area contributed by atoms with Crippen LogP contribution in [0.25, 0.3) is 16.3 Å². The summed E-state index contributed by atoms with van der Waals surface area (Å²) < 4.78 is 5.77. The molecule has 5 rings (SSSR count). The normalized spacial score (nSPS) is 22.2. The van der Waals surface area contributed by atoms with E-state index in [4.69, 9.17) is 4.74 Å². The molecule has 0 aliphatic heterocycles. The minimum absolute atomic E-state index is 0.384. The molecule has 1 aliphatic carbocycles. The summed E-state index contributed by atoms with van der Waals surface area (Å²) in [6, 6.07) is 28.0. The van der Waals surface area contributed by atoms with Crippen molar-refractivity contribution in [2.75, 3.05) is 0 Å². The number of pyridine rings is 1. The van der Waals surface area contributed by atoms with Crippen molar-refractivity contribution in [1.29, 1.82) is 0 Å². The second-order valence-electron chi connectivity index (χ2n) is 8.07. The van der Waals surface area contributed by atoms with Gasteiger partial charge in [0.05, 0.1) is 15.8 Å². The van der Waals surface area contributed by atoms with Crippen LogP contribution < -0.4 is 0 Å². The summed E-state index contributed by atoms with van der Waals surface area (Å²) in [6.45, 7) is 0. The van der Waals surface area contributed by atoms with Crippen LogP contribution in [0.15, 0.2) is 108 Å². The molecule has 1 heterocycles. The third-order valence-electron chi connectivity index (χ3n) is 5.89. The van der Waals surface area contributed by atoms with Crippen LogP contribution in [0.2, 0.25) is 0 Å². The maximum atomic E-state index is 12.8. The van der Waals surface area contributed by atoms with Crippen molar-refractivity contribution in [2.45, 2.75) is 28.6 Å². The Kier molecular flexibility index (Phi) is 6.45. The second-order valence-corrected chi connectivity index (χ2v) is 9.27. The van der Waals surface area contributed by atoms with Crippen LogP contribution in [0, 0.1) is 0 Å². The maximum Gasteiger partial charge on any atom is 0.338 e. The molecule has 0 saturated heterocycles. The summed E-state index contributed by atoms with van der Waals surface area (Å²) in [7, 11) is 0. The van der Waals surface area contributed by atoms with Crippen LogP contribution in [0.4, 0.5) is 0 Å². The van der Waals surface area contributed by atoms with E-state index < -0.39 is 29.5 Å². The minimum atomic E-state index is -1.31. The summed E-state index contributed by atoms with van der Waals surface area (Å²) >= 11 is 1.38. The third kappa shape index (κ3) is 4.48. The van der Waals surface area contributed by atoms with Crippen molar-refractivity contribution in [3.05, 3.63) is 114 Å². The van der Waals surface area contributed by atoms with Gasteiger partial charge >= 0.3 is 5.97 Å². The van der Waals surface area contributed by atoms with Gasteiger partial charge in [-0.3, -0.25) is 0 Å². The van der Waals surface area contributed by atoms with Crippen molar-refractivity contribution in [2.24, 2.45) is 0 Å². The third-order valence-corrected chi connectivity index (χ3v) is 7.05. The minimum Gasteiger partial charge on any atom is -0.454 e. The smallest absolute Gasteiger partial charge is 0.338 e. The van der Waals surface area contributed by atoms with E-state index in [1.54, 1.807) is 30.5 Å². The number of rotatable bonds is 5. The molecule has 2 N–H and O–H groups in total. The Morgan fingerprint density at radius 3 is 2.38 bits per heavy atom. The molecule has 4 atom stereocenters. The zero-order valence-corrected chi connectivity index (χ0v) is 19.0. The number of aromatic nitrogens is 1. The fraction of sp³-hybridized carbons (Fsp3) is 0.143. The number of aliphatic hydroxyl groups excluding tert-OH is 2. The Labute approximate surface area is 201 Å². The Balaban J connectivity index is 1.56. The van der Waals surface area contributed by atoms with Crippen molar-refractivity contribution in [3.63, 3.8) is 0 Å². The molecule has 0 spiro atoms. The fourth-order valence-corrected chi connectivity index (χ4v) is 5.34. The second kappa shape index (κ2) is 9.81. The van der Waals surface area contributed by atoms with Gasteiger partial charge in [-0.15, -0.1) is 0 Å². The summed E-state index contributed by atoms with van der Waals surface area (Å²) in [5, 5.41) is 24.6. The first kappa shape index (κ1) is 22.3. The molecule has 1 aromatic heterocycles. The quantitative estimate of drug-likeness (QED) is 0.411. The first-order valence-corrected chi connectivity index (χ1v) is 11.9. The molecule has 0 radical (unpaired) electrons. The van der Waals surface area contributed by atoms with Crippen molar-refractivity contribution in [1.82, 2.24) is 4.98 Å². The zero-order chi connectivity index (χ0) is 23.5. The predicted octanol–water partition coefficient (Wildman–Crippen LogP) is 4.74. The van der Waals surface area contributed by atoms with Gasteiger partial charge in [0.25, 0.3) is 0 Å². The topological polar surface area (TPSA) is 79.7 Å². The molecule has 0 bridgehead atoms. The van der Waals surface area contributed by atoms with E-state index >= 15 is 0 Å². The molecule has 5 nitrogen and oxygen atoms in total. The monoisotopic (exact) mass is 469 g/mol. The molecule has 0 saturated carbocycles. The molecule has 6 heteroatoms. The van der Waals surface area contributed by atoms with Crippen molar-refractivity contribution >= 4 is 34.1 Å². The van der Waals surface area contributed by atoms with Gasteiger partial charge in [-0.2, -0.15) is 0 Å². The summed E-state index contributed by atoms with van der Waals surface area (Å²) in [5.74, 6) is -0.550. The lowest BCUT2D eigenvalue weighted by Crippen LogP contribution is -2.49. The maximum absolute atomic E-state index is 12.8. The number of nitrogens with zero attached hydrogens (tertiary/aromatic N) is 1. The molecule has 170 valence electrons. The number of benzene rings is 3. The van der Waals surface area contributed by atoms with Crippen molar-refractivity contribution in [3.8, 4) is 0 Å². The number of carbonyl (C=O) groups excluding carboxylic acids is 1. The molecule has 3 aromatic carbocycles. The van der Waals surface area contributed by atoms with Gasteiger partial charge in [-0.1, -0.05) is 84.6 Å². The number of hydrogen-bond donors (Lipinski definition) is 2. The van der Waals surface area contributed by atoms with Crippen LogP contribution >= 0.6 is 11.8 Å². The van der Waals surface area contributed by atoms with Gasteiger partial charge in [-0.05, 0) is 46.2 Å². The Bertz CT molecular complexity index is 1320. The lowest BCUT2D eigenvalue weighted by Gasteiger charge is -2.37. The Hall–Kier alpha value is -3.45. The van der Waals surface area contributed by atoms with Crippen LogP contribution in [-0.4, -0.2) is 44.7 Å². The lowest BCUT2D eigenvalue weighted by molar-refractivity contribution is -0.0540. The number of thioether (sulfide) groups is 1. The highest BCUT2D eigenvalue weighted by atomic mass is 32.2. The van der Waals surface area contributed by atoms with Crippen LogP contribution in [0.5, 0.6) is 0 Å². The molecular weight excluding hydrogens is 446 g/mol. The predicted molar refractivity (Wildman–Crippen MR) is 133 cm³/mol. The molecule has 0 amide bonds. The number of carbonyl (C=O) groups is 1. The Morgan fingerprint density at radius 2 is 1.59 bits per heavy atom. The number of aliphatic hydroxyl groups is 2. The lowest BCUT2D eigenvalue weighted by atomic mass is 9.85. The molecule has 0 fully saturated rings. The average Bonchev–Trinajstić information content (AvgIpc) is 2.89. The number of ether oxygens (including phenoxy) is 1. The highest BCUT2D eigenvalue weighted by Gasteiger charge is 2.42. The first-order valence-electron chi connectivity index (χ1n) is 11.0. The number of fused-ring (bicyclic) bond motifs is 1. The van der Waals surface area contributed by atoms with Gasteiger partial charge < -0.3 is 14.9 Å². The molecule has 34 heavy (non-hydrogen) atoms. The van der Waals surface area contributed by atoms with E-state index in [0.29, 0.717) is 11.1 Å². The number of esters is 1. The fourth-order valence-electron chi connectivity index (χ4n) is 4.21. The van der Waals surface area contributed by atoms with Crippen LogP contribution in [-0.2, 0) is 4.74 Å². The molecule has 0 unspecified atom stereocenters. The van der Waals surface area contributed by atoms with Crippen LogP contribution in [0.3, 0.4) is 0 Å². The van der Waals surface area contributed by atoms with E-state index in [0.717, 1.165) is 21.4 Å². The van der Waals surface area contributed by atoms with E-state index in [2.05, 4.69) is 4.98 Å². The summed E-state index contributed by atoms with van der Waals surface area (Å²) in [4.78, 5) is 17.2. The average molecular weight is 470 g/mol. The van der Waals surface area contributed by atoms with Gasteiger partial charge in [0.15, 0.2) is 0 Å². The number of hydrogen-bond acceptors (Lipinski definition) is 6. The van der Waals surface area contributed by atoms with Gasteiger partial charge in [0, 0.05) is 6.20 Å². The summed E-state index contributed by atoms with van der Waals surface area (Å²) in [6.07, 6.45) is 0.0827. The molecular formula is C28H23NO4S. The largest absolute Gasteiger partial charge is 0.454 e.